The molecule has 74 valence electrons. The van der Waals surface area contributed by atoms with Gasteiger partial charge in [-0.3, -0.25) is 9.36 Å². The van der Waals surface area contributed by atoms with Crippen LogP contribution in [-0.2, 0) is 13.9 Å². The van der Waals surface area contributed by atoms with Gasteiger partial charge in [0.2, 0.25) is 5.91 Å². The van der Waals surface area contributed by atoms with E-state index in [2.05, 4.69) is 4.52 Å². The number of fused-ring (bicyclic) bond motifs is 1. The Bertz CT molecular complexity index is 296. The largest absolute Gasteiger partial charge is 0.351 e. The van der Waals surface area contributed by atoms with Crippen molar-refractivity contribution in [3.05, 3.63) is 0 Å². The van der Waals surface area contributed by atoms with E-state index in [4.69, 9.17) is 0 Å². The van der Waals surface area contributed by atoms with Gasteiger partial charge in [0, 0.05) is 12.9 Å². The summed E-state index contributed by atoms with van der Waals surface area (Å²) < 4.78 is 16.0. The highest BCUT2D eigenvalue weighted by Gasteiger charge is 2.53. The normalized spacial score (nSPS) is 36.8. The van der Waals surface area contributed by atoms with Gasteiger partial charge in [0.25, 0.3) is 0 Å². The predicted molar refractivity (Wildman–Crippen MR) is 48.3 cm³/mol. The van der Waals surface area contributed by atoms with Crippen molar-refractivity contribution in [3.63, 3.8) is 0 Å². The smallest absolute Gasteiger partial charge is 0.323 e. The van der Waals surface area contributed by atoms with Gasteiger partial charge in [-0.25, -0.2) is 0 Å². The van der Waals surface area contributed by atoms with E-state index in [1.165, 1.54) is 23.8 Å². The van der Waals surface area contributed by atoms with Crippen molar-refractivity contribution in [3.8, 4) is 0 Å². The Labute approximate surface area is 80.0 Å². The van der Waals surface area contributed by atoms with Gasteiger partial charge in [-0.2, -0.15) is 0 Å². The van der Waals surface area contributed by atoms with Gasteiger partial charge in [-0.05, 0) is 0 Å². The third kappa shape index (κ3) is 1.32. The Morgan fingerprint density at radius 3 is 3.00 bits per heavy atom. The molecule has 7 heteroatoms. The molecule has 2 saturated heterocycles. The second kappa shape index (κ2) is 2.98. The summed E-state index contributed by atoms with van der Waals surface area (Å²) in [5.74, 6) is -0.182. The Balaban J connectivity index is 2.17. The Hall–Kier alpha value is -0.0300. The van der Waals surface area contributed by atoms with Crippen LogP contribution in [0.2, 0.25) is 0 Å². The van der Waals surface area contributed by atoms with Gasteiger partial charge in [0.05, 0.1) is 11.8 Å². The maximum absolute atomic E-state index is 11.4. The van der Waals surface area contributed by atoms with Crippen molar-refractivity contribution in [1.29, 1.82) is 0 Å². The lowest BCUT2D eigenvalue weighted by atomic mass is 10.2. The minimum atomic E-state index is -3.62. The van der Waals surface area contributed by atoms with Crippen molar-refractivity contribution >= 4 is 25.3 Å². The number of carbonyl (C=O) groups is 1. The van der Waals surface area contributed by atoms with E-state index in [-0.39, 0.29) is 11.3 Å². The van der Waals surface area contributed by atoms with E-state index in [0.717, 1.165) is 0 Å². The maximum atomic E-state index is 11.4. The lowest BCUT2D eigenvalue weighted by Gasteiger charge is -2.37. The Morgan fingerprint density at radius 1 is 1.77 bits per heavy atom. The van der Waals surface area contributed by atoms with Gasteiger partial charge in [0.1, 0.15) is 5.78 Å². The third-order valence-electron chi connectivity index (χ3n) is 2.34. The zero-order valence-electron chi connectivity index (χ0n) is 7.04. The van der Waals surface area contributed by atoms with Crippen molar-refractivity contribution in [2.75, 3.05) is 12.9 Å². The fraction of sp³-hybridized carbons (Fsp3) is 0.833. The zero-order chi connectivity index (χ0) is 9.64. The van der Waals surface area contributed by atoms with Crippen LogP contribution in [-0.4, -0.2) is 39.7 Å². The molecule has 0 aromatic carbocycles. The quantitative estimate of drug-likeness (QED) is 0.543. The van der Waals surface area contributed by atoms with Gasteiger partial charge < -0.3 is 14.3 Å². The van der Waals surface area contributed by atoms with Crippen molar-refractivity contribution < 1.29 is 18.8 Å². The summed E-state index contributed by atoms with van der Waals surface area (Å²) in [6.07, 6.45) is 0.491. The Kier molecular flexibility index (Phi) is 2.19. The first-order valence-electron chi connectivity index (χ1n) is 3.87. The van der Waals surface area contributed by atoms with Crippen LogP contribution >= 0.6 is 19.4 Å². The van der Waals surface area contributed by atoms with E-state index in [1.807, 2.05) is 0 Å². The number of hydrogen-bond donors (Lipinski definition) is 1. The number of nitrogens with zero attached hydrogens (tertiary/aromatic N) is 1. The number of thioether (sulfide) groups is 1. The van der Waals surface area contributed by atoms with E-state index < -0.39 is 13.4 Å². The summed E-state index contributed by atoms with van der Waals surface area (Å²) >= 11 is 1.54. The monoisotopic (exact) mass is 223 g/mol. The molecule has 0 aliphatic carbocycles. The topological polar surface area (TPSA) is 66.8 Å². The average Bonchev–Trinajstić information content (AvgIpc) is 2.42. The molecule has 0 aromatic rings. The molecule has 0 spiro atoms. The highest BCUT2D eigenvalue weighted by atomic mass is 32.2. The van der Waals surface area contributed by atoms with Crippen LogP contribution < -0.4 is 0 Å². The van der Waals surface area contributed by atoms with E-state index >= 15 is 0 Å². The van der Waals surface area contributed by atoms with Crippen molar-refractivity contribution in [2.24, 2.45) is 0 Å². The van der Waals surface area contributed by atoms with E-state index in [1.54, 1.807) is 0 Å². The summed E-state index contributed by atoms with van der Waals surface area (Å²) in [6.45, 7) is 0. The molecule has 0 bridgehead atoms. The average molecular weight is 223 g/mol. The minimum absolute atomic E-state index is 0.0497. The minimum Gasteiger partial charge on any atom is -0.323 e. The molecule has 1 N–H and O–H groups in total. The van der Waals surface area contributed by atoms with Crippen LogP contribution in [0.15, 0.2) is 0 Å². The Morgan fingerprint density at radius 2 is 2.46 bits per heavy atom. The molecule has 2 fully saturated rings. The lowest BCUT2D eigenvalue weighted by Crippen LogP contribution is -2.51. The first-order chi connectivity index (χ1) is 6.06. The van der Waals surface area contributed by atoms with E-state index in [9.17, 15) is 14.3 Å². The molecule has 2 unspecified atom stereocenters. The highest BCUT2D eigenvalue weighted by Crippen LogP contribution is 2.56. The summed E-state index contributed by atoms with van der Waals surface area (Å²) in [5, 5.41) is 0.105. The molecule has 13 heavy (non-hydrogen) atoms. The molecule has 1 amide bonds. The number of hydrogen-bond acceptors (Lipinski definition) is 4. The standard InChI is InChI=1S/C6H10NO4PS/c1-11-12(9,10)5-3-13-6-2-4(8)7(5)6/h5-6H,2-3H2,1H3,(H,9,10)/t5?,6-/m0/s1. The van der Waals surface area contributed by atoms with Crippen LogP contribution in [0.5, 0.6) is 0 Å². The number of carbonyl (C=O) groups excluding carboxylic acids is 1. The molecule has 0 radical (unpaired) electrons. The SMILES string of the molecule is COP(=O)(O)C1CS[C@H]2CC(=O)N12. The molecular weight excluding hydrogens is 213 g/mol. The molecule has 2 heterocycles. The van der Waals surface area contributed by atoms with Crippen LogP contribution in [0, 0.1) is 0 Å². The van der Waals surface area contributed by atoms with Crippen molar-refractivity contribution in [2.45, 2.75) is 17.6 Å². The third-order valence-corrected chi connectivity index (χ3v) is 5.59. The molecule has 0 saturated carbocycles. The zero-order valence-corrected chi connectivity index (χ0v) is 8.75. The molecule has 3 atom stereocenters. The second-order valence-electron chi connectivity index (χ2n) is 3.02. The number of amides is 1. The predicted octanol–water partition coefficient (Wildman–Crippen LogP) is 0.449. The number of rotatable bonds is 2. The van der Waals surface area contributed by atoms with Gasteiger partial charge in [0.15, 0.2) is 0 Å². The van der Waals surface area contributed by atoms with Gasteiger partial charge in [-0.15, -0.1) is 11.8 Å². The summed E-state index contributed by atoms with van der Waals surface area (Å²) in [6, 6.07) is 0. The molecule has 2 rings (SSSR count). The summed E-state index contributed by atoms with van der Waals surface area (Å²) in [4.78, 5) is 22.0. The summed E-state index contributed by atoms with van der Waals surface area (Å²) in [7, 11) is -2.42. The van der Waals surface area contributed by atoms with Crippen molar-refractivity contribution in [1.82, 2.24) is 4.90 Å². The van der Waals surface area contributed by atoms with E-state index in [0.29, 0.717) is 12.2 Å². The lowest BCUT2D eigenvalue weighted by molar-refractivity contribution is -0.141. The van der Waals surface area contributed by atoms with Crippen LogP contribution in [0.4, 0.5) is 0 Å². The summed E-state index contributed by atoms with van der Waals surface area (Å²) in [5.41, 5.74) is 0. The maximum Gasteiger partial charge on any atom is 0.351 e. The fourth-order valence-electron chi connectivity index (χ4n) is 1.55. The number of β-lactam (4-membered cyclic amide) rings is 1. The first kappa shape index (κ1) is 9.52. The molecule has 2 aliphatic rings. The molecular formula is C6H10NO4PS. The van der Waals surface area contributed by atoms with Gasteiger partial charge in [-0.1, -0.05) is 0 Å². The first-order valence-corrected chi connectivity index (χ1v) is 6.57. The highest BCUT2D eigenvalue weighted by molar-refractivity contribution is 8.00. The fourth-order valence-corrected chi connectivity index (χ4v) is 4.74. The van der Waals surface area contributed by atoms with Crippen LogP contribution in [0.3, 0.4) is 0 Å². The molecule has 2 aliphatic heterocycles. The second-order valence-corrected chi connectivity index (χ2v) is 6.32. The molecule has 0 aromatic heterocycles. The van der Waals surface area contributed by atoms with Crippen LogP contribution in [0.1, 0.15) is 6.42 Å². The van der Waals surface area contributed by atoms with Crippen LogP contribution in [0.25, 0.3) is 0 Å². The van der Waals surface area contributed by atoms with Gasteiger partial charge >= 0.3 is 7.60 Å². The molecule has 5 nitrogen and oxygen atoms in total.